The number of nitriles is 1. The van der Waals surface area contributed by atoms with Gasteiger partial charge in [0.25, 0.3) is 11.4 Å². The lowest BCUT2D eigenvalue weighted by molar-refractivity contribution is -0.134. The number of nitrogens with one attached hydrogen (secondary N) is 1. The van der Waals surface area contributed by atoms with Crippen LogP contribution >= 0.6 is 0 Å². The Bertz CT molecular complexity index is 976. The van der Waals surface area contributed by atoms with Crippen molar-refractivity contribution in [2.75, 3.05) is 13.1 Å². The van der Waals surface area contributed by atoms with E-state index in [1.165, 1.54) is 29.2 Å². The van der Waals surface area contributed by atoms with Gasteiger partial charge in [-0.1, -0.05) is 0 Å². The normalized spacial score (nSPS) is 16.6. The standard InChI is InChI=1S/C17H18N6O4/c18-10-13-16(20-6-5-19-13)27-12-2-1-7-23(11-12)15(25)4-9-22-8-3-14(24)21-17(22)26/h3,5-6,8,12H,1-2,4,7,9,11H2,(H,21,24,26)/t12-/m0/s1. The number of H-pyrrole nitrogens is 1. The van der Waals surface area contributed by atoms with Crippen LogP contribution in [0.15, 0.2) is 34.2 Å². The van der Waals surface area contributed by atoms with Crippen molar-refractivity contribution in [2.45, 2.75) is 31.9 Å². The fourth-order valence-corrected chi connectivity index (χ4v) is 2.90. The zero-order valence-electron chi connectivity index (χ0n) is 14.5. The summed E-state index contributed by atoms with van der Waals surface area (Å²) in [4.78, 5) is 47.0. The molecule has 2 aromatic rings. The van der Waals surface area contributed by atoms with Crippen molar-refractivity contribution in [3.63, 3.8) is 0 Å². The summed E-state index contributed by atoms with van der Waals surface area (Å²) in [7, 11) is 0. The minimum Gasteiger partial charge on any atom is -0.470 e. The van der Waals surface area contributed by atoms with Crippen molar-refractivity contribution in [1.82, 2.24) is 24.4 Å². The Kier molecular flexibility index (Phi) is 5.61. The first-order valence-electron chi connectivity index (χ1n) is 8.52. The SMILES string of the molecule is N#Cc1nccnc1O[C@H]1CCCN(C(=O)CCn2ccc(=O)[nH]c2=O)C1. The van der Waals surface area contributed by atoms with Crippen LogP contribution in [0, 0.1) is 11.3 Å². The van der Waals surface area contributed by atoms with Crippen molar-refractivity contribution in [2.24, 2.45) is 0 Å². The van der Waals surface area contributed by atoms with Gasteiger partial charge in [-0.3, -0.25) is 14.6 Å². The molecule has 0 bridgehead atoms. The summed E-state index contributed by atoms with van der Waals surface area (Å²) in [6.07, 6.45) is 5.59. The summed E-state index contributed by atoms with van der Waals surface area (Å²) in [6.45, 7) is 1.16. The van der Waals surface area contributed by atoms with E-state index in [4.69, 9.17) is 10.00 Å². The molecule has 0 radical (unpaired) electrons. The summed E-state index contributed by atoms with van der Waals surface area (Å²) in [5.41, 5.74) is -0.903. The van der Waals surface area contributed by atoms with Gasteiger partial charge in [0, 0.05) is 44.2 Å². The summed E-state index contributed by atoms with van der Waals surface area (Å²) in [5, 5.41) is 9.06. The average molecular weight is 370 g/mol. The first-order valence-corrected chi connectivity index (χ1v) is 8.52. The third kappa shape index (κ3) is 4.58. The van der Waals surface area contributed by atoms with Gasteiger partial charge in [-0.05, 0) is 12.8 Å². The molecule has 1 aliphatic rings. The van der Waals surface area contributed by atoms with Crippen molar-refractivity contribution >= 4 is 5.91 Å². The topological polar surface area (TPSA) is 134 Å². The molecule has 1 atom stereocenters. The maximum Gasteiger partial charge on any atom is 0.328 e. The Labute approximate surface area is 154 Å². The van der Waals surface area contributed by atoms with Crippen LogP contribution in [0.5, 0.6) is 5.88 Å². The zero-order chi connectivity index (χ0) is 19.2. The van der Waals surface area contributed by atoms with E-state index in [0.717, 1.165) is 12.8 Å². The van der Waals surface area contributed by atoms with Gasteiger partial charge < -0.3 is 14.2 Å². The lowest BCUT2D eigenvalue weighted by Crippen LogP contribution is -2.45. The van der Waals surface area contributed by atoms with E-state index in [0.29, 0.717) is 13.1 Å². The number of carbonyl (C=O) groups excluding carboxylic acids is 1. The van der Waals surface area contributed by atoms with E-state index >= 15 is 0 Å². The van der Waals surface area contributed by atoms with Crippen molar-refractivity contribution in [1.29, 1.82) is 5.26 Å². The van der Waals surface area contributed by atoms with E-state index < -0.39 is 11.2 Å². The maximum atomic E-state index is 12.5. The van der Waals surface area contributed by atoms with Gasteiger partial charge in [-0.2, -0.15) is 5.26 Å². The van der Waals surface area contributed by atoms with Crippen LogP contribution in [0.4, 0.5) is 0 Å². The van der Waals surface area contributed by atoms with Gasteiger partial charge in [0.05, 0.1) is 6.54 Å². The van der Waals surface area contributed by atoms with Crippen LogP contribution in [0.1, 0.15) is 25.0 Å². The minimum atomic E-state index is -0.540. The molecule has 10 nitrogen and oxygen atoms in total. The number of aromatic amines is 1. The molecular weight excluding hydrogens is 352 g/mol. The van der Waals surface area contributed by atoms with E-state index in [1.54, 1.807) is 4.90 Å². The predicted molar refractivity (Wildman–Crippen MR) is 92.9 cm³/mol. The van der Waals surface area contributed by atoms with E-state index in [9.17, 15) is 14.4 Å². The van der Waals surface area contributed by atoms with Crippen molar-refractivity contribution in [3.05, 3.63) is 51.2 Å². The van der Waals surface area contributed by atoms with E-state index in [1.807, 2.05) is 6.07 Å². The number of hydrogen-bond donors (Lipinski definition) is 1. The largest absolute Gasteiger partial charge is 0.470 e. The maximum absolute atomic E-state index is 12.5. The Morgan fingerprint density at radius 3 is 2.96 bits per heavy atom. The van der Waals surface area contributed by atoms with Crippen molar-refractivity contribution < 1.29 is 9.53 Å². The molecule has 0 saturated carbocycles. The molecular formula is C17H18N6O4. The molecule has 27 heavy (non-hydrogen) atoms. The predicted octanol–water partition coefficient (Wildman–Crippen LogP) is -0.342. The molecule has 1 N–H and O–H groups in total. The first-order chi connectivity index (χ1) is 13.1. The molecule has 0 spiro atoms. The van der Waals surface area contributed by atoms with Crippen LogP contribution in [0.25, 0.3) is 0 Å². The number of aryl methyl sites for hydroxylation is 1. The number of hydrogen-bond acceptors (Lipinski definition) is 7. The highest BCUT2D eigenvalue weighted by Crippen LogP contribution is 2.19. The molecule has 0 aliphatic carbocycles. The molecule has 1 saturated heterocycles. The Morgan fingerprint density at radius 2 is 2.19 bits per heavy atom. The van der Waals surface area contributed by atoms with Gasteiger partial charge in [-0.25, -0.2) is 14.8 Å². The first kappa shape index (κ1) is 18.3. The number of ether oxygens (including phenoxy) is 1. The highest BCUT2D eigenvalue weighted by molar-refractivity contribution is 5.76. The lowest BCUT2D eigenvalue weighted by Gasteiger charge is -2.32. The summed E-state index contributed by atoms with van der Waals surface area (Å²) >= 11 is 0. The molecule has 0 aromatic carbocycles. The second-order valence-corrected chi connectivity index (χ2v) is 6.10. The Hall–Kier alpha value is -3.48. The number of aromatic nitrogens is 4. The molecule has 1 aliphatic heterocycles. The van der Waals surface area contributed by atoms with Crippen LogP contribution in [0.2, 0.25) is 0 Å². The smallest absolute Gasteiger partial charge is 0.328 e. The monoisotopic (exact) mass is 370 g/mol. The number of carbonyl (C=O) groups is 1. The number of piperidine rings is 1. The fraction of sp³-hybridized carbons (Fsp3) is 0.412. The average Bonchev–Trinajstić information content (AvgIpc) is 2.68. The Morgan fingerprint density at radius 1 is 1.37 bits per heavy atom. The number of nitrogens with zero attached hydrogens (tertiary/aromatic N) is 5. The van der Waals surface area contributed by atoms with Crippen molar-refractivity contribution in [3.8, 4) is 11.9 Å². The second kappa shape index (κ2) is 8.27. The number of amides is 1. The molecule has 1 fully saturated rings. The molecule has 0 unspecified atom stereocenters. The lowest BCUT2D eigenvalue weighted by atomic mass is 10.1. The summed E-state index contributed by atoms with van der Waals surface area (Å²) < 4.78 is 7.06. The highest BCUT2D eigenvalue weighted by atomic mass is 16.5. The summed E-state index contributed by atoms with van der Waals surface area (Å²) in [6, 6.07) is 3.17. The van der Waals surface area contributed by atoms with Crippen LogP contribution < -0.4 is 16.0 Å². The van der Waals surface area contributed by atoms with E-state index in [-0.39, 0.29) is 36.6 Å². The molecule has 2 aromatic heterocycles. The quantitative estimate of drug-likeness (QED) is 0.761. The van der Waals surface area contributed by atoms with Gasteiger partial charge in [0.15, 0.2) is 0 Å². The van der Waals surface area contributed by atoms with Crippen LogP contribution in [0.3, 0.4) is 0 Å². The third-order valence-corrected chi connectivity index (χ3v) is 4.24. The summed E-state index contributed by atoms with van der Waals surface area (Å²) in [5.74, 6) is 0.0557. The van der Waals surface area contributed by atoms with E-state index in [2.05, 4.69) is 15.0 Å². The Balaban J connectivity index is 1.58. The molecule has 140 valence electrons. The van der Waals surface area contributed by atoms with Gasteiger partial charge >= 0.3 is 5.69 Å². The number of likely N-dealkylation sites (tertiary alicyclic amines) is 1. The minimum absolute atomic E-state index is 0.110. The molecule has 3 heterocycles. The second-order valence-electron chi connectivity index (χ2n) is 6.10. The van der Waals surface area contributed by atoms with Crippen LogP contribution in [-0.2, 0) is 11.3 Å². The van der Waals surface area contributed by atoms with Gasteiger partial charge in [0.1, 0.15) is 12.2 Å². The molecule has 1 amide bonds. The molecule has 3 rings (SSSR count). The van der Waals surface area contributed by atoms with Crippen LogP contribution in [-0.4, -0.2) is 49.5 Å². The molecule has 10 heteroatoms. The highest BCUT2D eigenvalue weighted by Gasteiger charge is 2.26. The van der Waals surface area contributed by atoms with Gasteiger partial charge in [-0.15, -0.1) is 0 Å². The van der Waals surface area contributed by atoms with Gasteiger partial charge in [0.2, 0.25) is 11.6 Å². The fourth-order valence-electron chi connectivity index (χ4n) is 2.90. The zero-order valence-corrected chi connectivity index (χ0v) is 14.5. The number of rotatable bonds is 5. The third-order valence-electron chi connectivity index (χ3n) is 4.24.